The van der Waals surface area contributed by atoms with Gasteiger partial charge in [0.05, 0.1) is 22.6 Å². The maximum atomic E-state index is 13.2. The molecule has 2 amide bonds. The number of anilines is 3. The first-order chi connectivity index (χ1) is 19.7. The van der Waals surface area contributed by atoms with E-state index in [-0.39, 0.29) is 44.6 Å². The van der Waals surface area contributed by atoms with Crippen molar-refractivity contribution < 1.29 is 38.9 Å². The number of rotatable bonds is 11. The Labute approximate surface area is 250 Å². The Hall–Kier alpha value is -4.30. The van der Waals surface area contributed by atoms with Gasteiger partial charge in [0.25, 0.3) is 11.8 Å². The van der Waals surface area contributed by atoms with Gasteiger partial charge in [0.2, 0.25) is 17.2 Å². The Morgan fingerprint density at radius 3 is 2.67 bits per heavy atom. The van der Waals surface area contributed by atoms with Crippen LogP contribution in [0.4, 0.5) is 16.8 Å². The number of thioether (sulfide) groups is 2. The van der Waals surface area contributed by atoms with Crippen molar-refractivity contribution >= 4 is 81.1 Å². The van der Waals surface area contributed by atoms with Gasteiger partial charge in [-0.25, -0.2) is 9.78 Å². The van der Waals surface area contributed by atoms with Crippen molar-refractivity contribution in [2.75, 3.05) is 41.2 Å². The van der Waals surface area contributed by atoms with E-state index in [1.54, 1.807) is 7.05 Å². The number of hydrogen-bond acceptors (Lipinski definition) is 16. The fourth-order valence-corrected chi connectivity index (χ4v) is 6.95. The molecule has 4 heterocycles. The maximum Gasteiger partial charge on any atom is 0.350 e. The van der Waals surface area contributed by atoms with Gasteiger partial charge in [-0.2, -0.15) is 0 Å². The summed E-state index contributed by atoms with van der Waals surface area (Å²) in [6, 6.07) is 0.343. The van der Waals surface area contributed by atoms with Gasteiger partial charge in [-0.05, 0) is 31.2 Å². The average molecular weight is 639 g/mol. The molecule has 0 aromatic carbocycles. The number of carbonyl (C=O) groups excluding carboxylic acids is 3. The summed E-state index contributed by atoms with van der Waals surface area (Å²) in [6.07, 6.45) is 1.25. The number of nitrogens with two attached hydrogens (primary N) is 3. The van der Waals surface area contributed by atoms with Crippen LogP contribution >= 0.6 is 34.9 Å². The van der Waals surface area contributed by atoms with E-state index in [1.807, 2.05) is 0 Å². The summed E-state index contributed by atoms with van der Waals surface area (Å²) in [5.41, 5.74) is 18.3. The number of β-lactam (4-membered cyclic amide) rings is 1. The van der Waals surface area contributed by atoms with Gasteiger partial charge in [0, 0.05) is 24.8 Å². The van der Waals surface area contributed by atoms with Crippen molar-refractivity contribution in [1.82, 2.24) is 20.2 Å². The van der Waals surface area contributed by atoms with Crippen molar-refractivity contribution in [3.8, 4) is 0 Å². The minimum Gasteiger partial charge on any atom is -0.543 e. The Bertz CT molecular complexity index is 1530. The molecular formula is C22H26N10O7S3. The molecule has 224 valence electrons. The number of nitrogens with zero attached hydrogens (tertiary/aromatic N) is 5. The molecule has 0 spiro atoms. The molecule has 17 nitrogen and oxygen atoms in total. The van der Waals surface area contributed by atoms with E-state index >= 15 is 0 Å². The molecule has 0 radical (unpaired) electrons. The topological polar surface area (TPSA) is 268 Å². The zero-order valence-electron chi connectivity index (χ0n) is 22.3. The number of aromatic nitrogens is 3. The van der Waals surface area contributed by atoms with E-state index < -0.39 is 40.8 Å². The van der Waals surface area contributed by atoms with Gasteiger partial charge < -0.3 is 42.4 Å². The molecule has 0 aliphatic carbocycles. The van der Waals surface area contributed by atoms with Crippen molar-refractivity contribution in [2.24, 2.45) is 5.16 Å². The number of aliphatic carboxylic acids is 2. The third-order valence-electron chi connectivity index (χ3n) is 5.95. The summed E-state index contributed by atoms with van der Waals surface area (Å²) in [5.74, 6) is -3.65. The fourth-order valence-electron chi connectivity index (χ4n) is 3.78. The second-order valence-corrected chi connectivity index (χ2v) is 12.4. The minimum atomic E-state index is -1.77. The zero-order chi connectivity index (χ0) is 30.9. The molecule has 2 aromatic rings. The predicted molar refractivity (Wildman–Crippen MR) is 152 cm³/mol. The number of carboxylic acid groups (broad SMARTS) is 2. The first-order valence-corrected chi connectivity index (χ1v) is 14.8. The molecular weight excluding hydrogens is 613 g/mol. The van der Waals surface area contributed by atoms with Crippen molar-refractivity contribution in [1.29, 1.82) is 0 Å². The summed E-state index contributed by atoms with van der Waals surface area (Å²) in [7, 11) is 1.62. The lowest BCUT2D eigenvalue weighted by Crippen LogP contribution is -2.71. The van der Waals surface area contributed by atoms with Gasteiger partial charge in [0.1, 0.15) is 11.4 Å². The SMILES string of the molecule is CN[n+]1c(N)cc(N)nc1SCC1=C(C(=O)[O-])N2C(=O)C(NC(=O)/C(=N\OC(C)(C)C(=O)O)c3cnc(N)s3)C2SC1. The van der Waals surface area contributed by atoms with E-state index in [4.69, 9.17) is 22.0 Å². The largest absolute Gasteiger partial charge is 0.543 e. The minimum absolute atomic E-state index is 0.113. The monoisotopic (exact) mass is 638 g/mol. The number of hydrogen-bond donors (Lipinski definition) is 6. The molecule has 1 fully saturated rings. The lowest BCUT2D eigenvalue weighted by atomic mass is 10.0. The predicted octanol–water partition coefficient (Wildman–Crippen LogP) is -2.47. The van der Waals surface area contributed by atoms with Crippen LogP contribution in [0.1, 0.15) is 18.7 Å². The second-order valence-electron chi connectivity index (χ2n) is 9.25. The third-order valence-corrected chi connectivity index (χ3v) is 9.15. The van der Waals surface area contributed by atoms with Crippen molar-refractivity contribution in [3.63, 3.8) is 0 Å². The number of amides is 2. The average Bonchev–Trinajstić information content (AvgIpc) is 3.35. The highest BCUT2D eigenvalue weighted by molar-refractivity contribution is 8.01. The summed E-state index contributed by atoms with van der Waals surface area (Å²) in [5, 5.41) is 27.5. The van der Waals surface area contributed by atoms with Crippen LogP contribution in [-0.4, -0.2) is 85.0 Å². The van der Waals surface area contributed by atoms with Gasteiger partial charge in [-0.3, -0.25) is 19.9 Å². The summed E-state index contributed by atoms with van der Waals surface area (Å²) in [6.45, 7) is 2.47. The Balaban J connectivity index is 1.54. The van der Waals surface area contributed by atoms with E-state index in [0.29, 0.717) is 10.7 Å². The summed E-state index contributed by atoms with van der Waals surface area (Å²) >= 11 is 3.29. The molecule has 1 saturated heterocycles. The molecule has 0 saturated carbocycles. The van der Waals surface area contributed by atoms with Crippen LogP contribution in [0.5, 0.6) is 0 Å². The number of carbonyl (C=O) groups is 4. The van der Waals surface area contributed by atoms with Crippen LogP contribution in [0.25, 0.3) is 0 Å². The number of thiazole rings is 1. The van der Waals surface area contributed by atoms with E-state index in [0.717, 1.165) is 28.0 Å². The smallest absolute Gasteiger partial charge is 0.350 e. The number of carboxylic acids is 2. The highest BCUT2D eigenvalue weighted by atomic mass is 32.2. The zero-order valence-corrected chi connectivity index (χ0v) is 24.8. The van der Waals surface area contributed by atoms with E-state index in [1.165, 1.54) is 42.5 Å². The first kappa shape index (κ1) is 30.7. The van der Waals surface area contributed by atoms with Gasteiger partial charge >= 0.3 is 11.1 Å². The van der Waals surface area contributed by atoms with Crippen molar-refractivity contribution in [3.05, 3.63) is 28.4 Å². The summed E-state index contributed by atoms with van der Waals surface area (Å²) < 4.78 is 1.47. The number of nitrogen functional groups attached to an aromatic ring is 3. The Morgan fingerprint density at radius 2 is 2.07 bits per heavy atom. The van der Waals surface area contributed by atoms with Crippen LogP contribution in [0.3, 0.4) is 0 Å². The number of nitrogens with one attached hydrogen (secondary N) is 2. The van der Waals surface area contributed by atoms with Gasteiger partial charge in [-0.15, -0.1) is 16.4 Å². The third kappa shape index (κ3) is 5.99. The quantitative estimate of drug-likeness (QED) is 0.0372. The van der Waals surface area contributed by atoms with E-state index in [2.05, 4.69) is 25.9 Å². The summed E-state index contributed by atoms with van der Waals surface area (Å²) in [4.78, 5) is 64.4. The van der Waals surface area contributed by atoms with Crippen molar-refractivity contribution in [2.45, 2.75) is 36.0 Å². The standard InChI is InChI=1S/C22H26N10O7S3/c1-22(2,19(37)38)39-30-12(9-5-27-20(25)42-9)15(33)29-13-16(34)31-14(18(35)36)8(6-40-17(13)31)7-41-21-28-10(23)4-11(24)32(21)26-3/h4-5,13,17,26H,6-7H2,1-3H3,(H8,23,24,25,27,29,30,33,35,36,37,38). The van der Waals surface area contributed by atoms with Crippen LogP contribution in [0, 0.1) is 0 Å². The molecule has 2 atom stereocenters. The lowest BCUT2D eigenvalue weighted by Gasteiger charge is -2.50. The normalized spacial score (nSPS) is 18.7. The molecule has 0 bridgehead atoms. The van der Waals surface area contributed by atoms with Crippen LogP contribution in [0.15, 0.2) is 33.8 Å². The van der Waals surface area contributed by atoms with E-state index in [9.17, 15) is 29.4 Å². The maximum absolute atomic E-state index is 13.2. The Kier molecular flexibility index (Phi) is 8.68. The number of oxime groups is 1. The molecule has 2 aromatic heterocycles. The van der Waals surface area contributed by atoms with Crippen LogP contribution in [-0.2, 0) is 24.0 Å². The molecule has 2 unspecified atom stereocenters. The highest BCUT2D eigenvalue weighted by Crippen LogP contribution is 2.41. The Morgan fingerprint density at radius 1 is 1.36 bits per heavy atom. The molecule has 20 heteroatoms. The first-order valence-electron chi connectivity index (χ1n) is 11.9. The highest BCUT2D eigenvalue weighted by Gasteiger charge is 2.53. The molecule has 42 heavy (non-hydrogen) atoms. The molecule has 9 N–H and O–H groups in total. The van der Waals surface area contributed by atoms with Gasteiger partial charge in [-0.1, -0.05) is 21.5 Å². The molecule has 2 aliphatic heterocycles. The second kappa shape index (κ2) is 11.9. The lowest BCUT2D eigenvalue weighted by molar-refractivity contribution is -0.675. The molecule has 2 aliphatic rings. The van der Waals surface area contributed by atoms with Crippen LogP contribution < -0.4 is 37.7 Å². The fraction of sp³-hybridized carbons (Fsp3) is 0.364. The number of fused-ring (bicyclic) bond motifs is 1. The molecule has 4 rings (SSSR count). The van der Waals surface area contributed by atoms with Gasteiger partial charge in [0.15, 0.2) is 10.8 Å². The van der Waals surface area contributed by atoms with Crippen LogP contribution in [0.2, 0.25) is 0 Å².